The second-order valence-electron chi connectivity index (χ2n) is 12.5. The van der Waals surface area contributed by atoms with Crippen molar-refractivity contribution in [1.29, 1.82) is 0 Å². The molecule has 14 nitrogen and oxygen atoms in total. The van der Waals surface area contributed by atoms with Gasteiger partial charge in [-0.15, -0.1) is 0 Å². The molecule has 0 aromatic heterocycles. The molecule has 0 saturated carbocycles. The van der Waals surface area contributed by atoms with Gasteiger partial charge in [-0.05, 0) is 35.4 Å². The molecule has 0 unspecified atom stereocenters. The number of hydrogen-bond acceptors (Lipinski definition) is 13. The number of hydrogen-bond donors (Lipinski definition) is 5. The number of rotatable bonds is 11. The smallest absolute Gasteiger partial charge is 0.338 e. The number of aliphatic hydroxyl groups excluding tert-OH is 4. The summed E-state index contributed by atoms with van der Waals surface area (Å²) in [6.45, 7) is 0.762. The number of carbonyl (C=O) groups excluding carboxylic acids is 2. The van der Waals surface area contributed by atoms with E-state index >= 15 is 0 Å². The number of anilines is 1. The molecule has 3 saturated heterocycles. The average molecular weight is 730 g/mol. The van der Waals surface area contributed by atoms with Gasteiger partial charge < -0.3 is 58.9 Å². The lowest BCUT2D eigenvalue weighted by molar-refractivity contribution is -0.384. The van der Waals surface area contributed by atoms with Crippen molar-refractivity contribution in [3.8, 4) is 0 Å². The molecule has 3 aliphatic rings. The summed E-state index contributed by atoms with van der Waals surface area (Å²) in [5.41, 5.74) is 2.14. The molecule has 11 atom stereocenters. The minimum absolute atomic E-state index is 0.0144. The predicted octanol–water partition coefficient (Wildman–Crippen LogP) is 1.93. The van der Waals surface area contributed by atoms with Crippen LogP contribution in [0.4, 0.5) is 5.69 Å². The molecule has 3 heterocycles. The lowest BCUT2D eigenvalue weighted by atomic mass is 9.96. The van der Waals surface area contributed by atoms with Gasteiger partial charge >= 0.3 is 5.97 Å². The standard InChI is InChI=1S/C36H40ClNO13/c1-19(39)38-24-14-21(12-13-23(24)37)16-47-35-30(42)28(40)33(26(48-35)18-46-34(44)22-10-6-3-7-11-22)51-36-31(43)29(41)32-25(49-36)17-45-27(50-32)15-20-8-4-2-5-9-20/h2-14,25-33,35-36,40-43H,15-18H2,1H3,(H,38,39)/t25-,26-,27-,28-,29-,30-,31-,32-,33-,35-,36-/m1/s1. The molecule has 5 N–H and O–H groups in total. The fourth-order valence-electron chi connectivity index (χ4n) is 6.09. The minimum Gasteiger partial charge on any atom is -0.459 e. The normalized spacial score (nSPS) is 32.1. The molecule has 0 bridgehead atoms. The van der Waals surface area contributed by atoms with Crippen LogP contribution < -0.4 is 5.32 Å². The van der Waals surface area contributed by atoms with E-state index in [4.69, 9.17) is 44.8 Å². The van der Waals surface area contributed by atoms with Crippen molar-refractivity contribution in [2.24, 2.45) is 0 Å². The van der Waals surface area contributed by atoms with Crippen LogP contribution in [0.15, 0.2) is 78.9 Å². The molecule has 15 heteroatoms. The third-order valence-corrected chi connectivity index (χ3v) is 9.05. The van der Waals surface area contributed by atoms with Crippen molar-refractivity contribution in [2.75, 3.05) is 18.5 Å². The molecule has 0 spiro atoms. The zero-order valence-corrected chi connectivity index (χ0v) is 28.3. The number of benzene rings is 3. The van der Waals surface area contributed by atoms with Crippen molar-refractivity contribution in [3.05, 3.63) is 101 Å². The number of halogens is 1. The summed E-state index contributed by atoms with van der Waals surface area (Å²) in [6, 6.07) is 22.5. The molecule has 51 heavy (non-hydrogen) atoms. The van der Waals surface area contributed by atoms with Crippen LogP contribution in [0.25, 0.3) is 0 Å². The van der Waals surface area contributed by atoms with Gasteiger partial charge in [-0.2, -0.15) is 0 Å². The molecular weight excluding hydrogens is 690 g/mol. The highest BCUT2D eigenvalue weighted by Gasteiger charge is 2.53. The Morgan fingerprint density at radius 3 is 2.27 bits per heavy atom. The van der Waals surface area contributed by atoms with Gasteiger partial charge in [0.15, 0.2) is 18.9 Å². The van der Waals surface area contributed by atoms with Gasteiger partial charge in [0.05, 0.1) is 29.5 Å². The summed E-state index contributed by atoms with van der Waals surface area (Å²) in [5, 5.41) is 47.6. The van der Waals surface area contributed by atoms with E-state index in [9.17, 15) is 30.0 Å². The fraction of sp³-hybridized carbons (Fsp3) is 0.444. The van der Waals surface area contributed by atoms with Crippen LogP contribution in [-0.2, 0) is 51.0 Å². The lowest BCUT2D eigenvalue weighted by Gasteiger charge is -2.48. The van der Waals surface area contributed by atoms with E-state index in [-0.39, 0.29) is 24.7 Å². The van der Waals surface area contributed by atoms with Crippen LogP contribution in [0.1, 0.15) is 28.4 Å². The Labute approximate surface area is 298 Å². The van der Waals surface area contributed by atoms with Crippen LogP contribution in [0.5, 0.6) is 0 Å². The molecule has 1 amide bonds. The van der Waals surface area contributed by atoms with E-state index in [1.807, 2.05) is 30.3 Å². The highest BCUT2D eigenvalue weighted by Crippen LogP contribution is 2.34. The number of carbonyl (C=O) groups is 2. The molecule has 274 valence electrons. The number of esters is 1. The van der Waals surface area contributed by atoms with Crippen LogP contribution in [0.3, 0.4) is 0 Å². The summed E-state index contributed by atoms with van der Waals surface area (Å²) in [6.07, 6.45) is -14.2. The van der Waals surface area contributed by atoms with Gasteiger partial charge in [0.25, 0.3) is 0 Å². The SMILES string of the molecule is CC(=O)Nc1cc(CO[C@@H]2O[C@H](COC(=O)c3ccccc3)[C@@H](O[C@H]3O[C@@H]4CO[C@@H](Cc5ccccc5)O[C@H]4[C@H](O)[C@H]3O)[C@H](O)[C@H]2O)ccc1Cl. The Morgan fingerprint density at radius 1 is 0.843 bits per heavy atom. The summed E-state index contributed by atoms with van der Waals surface area (Å²) >= 11 is 6.18. The second kappa shape index (κ2) is 16.9. The minimum atomic E-state index is -1.70. The molecule has 3 aromatic rings. The highest BCUT2D eigenvalue weighted by molar-refractivity contribution is 6.33. The Morgan fingerprint density at radius 2 is 1.55 bits per heavy atom. The van der Waals surface area contributed by atoms with Crippen molar-refractivity contribution in [1.82, 2.24) is 0 Å². The van der Waals surface area contributed by atoms with E-state index in [1.165, 1.54) is 6.92 Å². The average Bonchev–Trinajstić information content (AvgIpc) is 3.13. The van der Waals surface area contributed by atoms with Crippen LogP contribution in [0, 0.1) is 0 Å². The van der Waals surface area contributed by atoms with Gasteiger partial charge in [0, 0.05) is 13.3 Å². The Hall–Kier alpha value is -3.51. The quantitative estimate of drug-likeness (QED) is 0.180. The van der Waals surface area contributed by atoms with E-state index in [0.29, 0.717) is 22.7 Å². The van der Waals surface area contributed by atoms with Crippen LogP contribution in [0.2, 0.25) is 5.02 Å². The molecule has 3 aromatic carbocycles. The molecule has 6 rings (SSSR count). The van der Waals surface area contributed by atoms with Crippen molar-refractivity contribution in [2.45, 2.75) is 87.7 Å². The van der Waals surface area contributed by atoms with Crippen LogP contribution >= 0.6 is 11.6 Å². The summed E-state index contributed by atoms with van der Waals surface area (Å²) < 4.78 is 41.1. The first-order chi connectivity index (χ1) is 24.6. The number of fused-ring (bicyclic) bond motifs is 1. The predicted molar refractivity (Wildman–Crippen MR) is 178 cm³/mol. The first-order valence-electron chi connectivity index (χ1n) is 16.5. The molecule has 3 fully saturated rings. The maximum Gasteiger partial charge on any atom is 0.338 e. The van der Waals surface area contributed by atoms with Crippen molar-refractivity contribution in [3.63, 3.8) is 0 Å². The highest BCUT2D eigenvalue weighted by atomic mass is 35.5. The van der Waals surface area contributed by atoms with E-state index in [0.717, 1.165) is 5.56 Å². The van der Waals surface area contributed by atoms with Gasteiger partial charge in [-0.3, -0.25) is 4.79 Å². The summed E-state index contributed by atoms with van der Waals surface area (Å²) in [7, 11) is 0. The number of amides is 1. The van der Waals surface area contributed by atoms with E-state index in [1.54, 1.807) is 48.5 Å². The third kappa shape index (κ3) is 9.11. The lowest BCUT2D eigenvalue weighted by Crippen LogP contribution is -2.66. The number of ether oxygens (including phenoxy) is 7. The first-order valence-corrected chi connectivity index (χ1v) is 16.8. The van der Waals surface area contributed by atoms with E-state index in [2.05, 4.69) is 5.32 Å². The largest absolute Gasteiger partial charge is 0.459 e. The van der Waals surface area contributed by atoms with Crippen LogP contribution in [-0.4, -0.2) is 113 Å². The molecular formula is C36H40ClNO13. The zero-order chi connectivity index (χ0) is 36.1. The Kier molecular flexibility index (Phi) is 12.3. The van der Waals surface area contributed by atoms with Gasteiger partial charge in [-0.25, -0.2) is 4.79 Å². The third-order valence-electron chi connectivity index (χ3n) is 8.72. The number of aliphatic hydroxyl groups is 4. The molecule has 0 radical (unpaired) electrons. The maximum atomic E-state index is 12.8. The zero-order valence-electron chi connectivity index (χ0n) is 27.5. The summed E-state index contributed by atoms with van der Waals surface area (Å²) in [4.78, 5) is 24.4. The van der Waals surface area contributed by atoms with Crippen molar-refractivity contribution < 1.29 is 63.2 Å². The van der Waals surface area contributed by atoms with Gasteiger partial charge in [0.2, 0.25) is 5.91 Å². The molecule has 3 aliphatic heterocycles. The summed E-state index contributed by atoms with van der Waals surface area (Å²) in [5.74, 6) is -1.01. The van der Waals surface area contributed by atoms with Gasteiger partial charge in [0.1, 0.15) is 55.4 Å². The topological polar surface area (TPSA) is 192 Å². The monoisotopic (exact) mass is 729 g/mol. The maximum absolute atomic E-state index is 12.8. The molecule has 0 aliphatic carbocycles. The van der Waals surface area contributed by atoms with E-state index < -0.39 is 80.3 Å². The Balaban J connectivity index is 1.14. The van der Waals surface area contributed by atoms with Gasteiger partial charge in [-0.1, -0.05) is 66.2 Å². The Bertz CT molecular complexity index is 1620. The second-order valence-corrected chi connectivity index (χ2v) is 12.9. The van der Waals surface area contributed by atoms with Crippen molar-refractivity contribution >= 4 is 29.2 Å². The number of nitrogens with one attached hydrogen (secondary N) is 1. The first kappa shape index (κ1) is 37.3. The fourth-order valence-corrected chi connectivity index (χ4v) is 6.26.